The van der Waals surface area contributed by atoms with Gasteiger partial charge in [0.05, 0.1) is 18.8 Å². The van der Waals surface area contributed by atoms with Gasteiger partial charge in [-0.05, 0) is 46.1 Å². The number of nitrogens with one attached hydrogen (secondary N) is 1. The lowest BCUT2D eigenvalue weighted by atomic mass is 10.0. The van der Waals surface area contributed by atoms with Crippen molar-refractivity contribution in [2.75, 3.05) is 13.7 Å². The number of ketones is 1. The molecule has 30 heavy (non-hydrogen) atoms. The average molecular weight is 417 g/mol. The summed E-state index contributed by atoms with van der Waals surface area (Å²) in [7, 11) is 1.15. The maximum Gasteiger partial charge on any atom is 0.408 e. The van der Waals surface area contributed by atoms with Crippen molar-refractivity contribution >= 4 is 28.7 Å². The van der Waals surface area contributed by atoms with E-state index in [4.69, 9.17) is 14.2 Å². The van der Waals surface area contributed by atoms with E-state index in [1.165, 1.54) is 0 Å². The Balaban J connectivity index is 1.91. The zero-order valence-electron chi connectivity index (χ0n) is 17.6. The first-order chi connectivity index (χ1) is 14.2. The van der Waals surface area contributed by atoms with E-state index in [1.54, 1.807) is 43.8 Å². The molecule has 9 nitrogen and oxygen atoms in total. The maximum atomic E-state index is 13.2. The van der Waals surface area contributed by atoms with Crippen LogP contribution in [0.2, 0.25) is 0 Å². The van der Waals surface area contributed by atoms with E-state index in [9.17, 15) is 14.4 Å². The van der Waals surface area contributed by atoms with Gasteiger partial charge in [0.25, 0.3) is 0 Å². The first-order valence-electron chi connectivity index (χ1n) is 9.90. The summed E-state index contributed by atoms with van der Waals surface area (Å²) in [6, 6.07) is 3.60. The number of hydrogen-bond acceptors (Lipinski definition) is 7. The van der Waals surface area contributed by atoms with Gasteiger partial charge in [0, 0.05) is 17.6 Å². The smallest absolute Gasteiger partial charge is 0.408 e. The van der Waals surface area contributed by atoms with E-state index < -0.39 is 29.5 Å². The van der Waals surface area contributed by atoms with Crippen molar-refractivity contribution in [3.05, 3.63) is 30.0 Å². The van der Waals surface area contributed by atoms with Crippen LogP contribution in [0.4, 0.5) is 4.79 Å². The molecule has 0 radical (unpaired) electrons. The minimum Gasteiger partial charge on any atom is -0.467 e. The Labute approximate surface area is 174 Å². The number of hydrogen-bond donors (Lipinski definition) is 1. The van der Waals surface area contributed by atoms with Gasteiger partial charge in [0.15, 0.2) is 18.1 Å². The minimum atomic E-state index is -1.54. The highest BCUT2D eigenvalue weighted by Gasteiger charge is 2.33. The number of carbonyl (C=O) groups excluding carboxylic acids is 3. The quantitative estimate of drug-likeness (QED) is 0.452. The Kier molecular flexibility index (Phi) is 6.40. The fourth-order valence-electron chi connectivity index (χ4n) is 3.36. The van der Waals surface area contributed by atoms with Crippen LogP contribution >= 0.6 is 0 Å². The van der Waals surface area contributed by atoms with Crippen molar-refractivity contribution in [2.45, 2.75) is 57.9 Å². The standard InChI is InChI=1S/C21H27N3O6/c1-21(2,3)30-20(27)23-17(19(26)28-4)18(25)13-8-7-9-15-14(13)12-22-24(15)16-10-5-6-11-29-16/h7-9,12,16-17H,5-6,10-11H2,1-4H3,(H,23,27). The van der Waals surface area contributed by atoms with Gasteiger partial charge >= 0.3 is 12.1 Å². The van der Waals surface area contributed by atoms with Crippen LogP contribution in [0.5, 0.6) is 0 Å². The van der Waals surface area contributed by atoms with Gasteiger partial charge in [0.1, 0.15) is 5.60 Å². The Morgan fingerprint density at radius 2 is 2.03 bits per heavy atom. The third-order valence-electron chi connectivity index (χ3n) is 4.70. The molecule has 0 spiro atoms. The highest BCUT2D eigenvalue weighted by atomic mass is 16.6. The molecular formula is C21H27N3O6. The Bertz CT molecular complexity index is 940. The van der Waals surface area contributed by atoms with E-state index in [0.29, 0.717) is 17.5 Å². The molecule has 1 aliphatic heterocycles. The number of nitrogens with zero attached hydrogens (tertiary/aromatic N) is 2. The van der Waals surface area contributed by atoms with Crippen molar-refractivity contribution < 1.29 is 28.6 Å². The van der Waals surface area contributed by atoms with Crippen LogP contribution in [0.1, 0.15) is 56.6 Å². The van der Waals surface area contributed by atoms with Crippen LogP contribution in [-0.2, 0) is 19.0 Å². The zero-order chi connectivity index (χ0) is 21.9. The molecule has 3 rings (SSSR count). The number of alkyl carbamates (subject to hydrolysis) is 1. The second-order valence-corrected chi connectivity index (χ2v) is 8.12. The highest BCUT2D eigenvalue weighted by Crippen LogP contribution is 2.28. The van der Waals surface area contributed by atoms with Crippen molar-refractivity contribution in [2.24, 2.45) is 0 Å². The van der Waals surface area contributed by atoms with E-state index in [1.807, 2.05) is 6.07 Å². The summed E-state index contributed by atoms with van der Waals surface area (Å²) in [6.07, 6.45) is 3.37. The molecule has 1 aromatic carbocycles. The number of benzene rings is 1. The summed E-state index contributed by atoms with van der Waals surface area (Å²) >= 11 is 0. The molecule has 0 aliphatic carbocycles. The Morgan fingerprint density at radius 3 is 2.67 bits per heavy atom. The summed E-state index contributed by atoms with van der Waals surface area (Å²) in [5.41, 5.74) is 0.184. The minimum absolute atomic E-state index is 0.196. The van der Waals surface area contributed by atoms with Gasteiger partial charge in [-0.25, -0.2) is 14.3 Å². The molecule has 9 heteroatoms. The Morgan fingerprint density at radius 1 is 1.27 bits per heavy atom. The lowest BCUT2D eigenvalue weighted by molar-refractivity contribution is -0.141. The molecule has 1 saturated heterocycles. The van der Waals surface area contributed by atoms with Crippen molar-refractivity contribution in [3.8, 4) is 0 Å². The van der Waals surface area contributed by atoms with Crippen molar-refractivity contribution in [3.63, 3.8) is 0 Å². The fraction of sp³-hybridized carbons (Fsp3) is 0.524. The van der Waals surface area contributed by atoms with Crippen LogP contribution in [-0.4, -0.2) is 53.0 Å². The normalized spacial score (nSPS) is 17.9. The van der Waals surface area contributed by atoms with Crippen LogP contribution < -0.4 is 5.32 Å². The third-order valence-corrected chi connectivity index (χ3v) is 4.70. The predicted molar refractivity (Wildman–Crippen MR) is 108 cm³/mol. The highest BCUT2D eigenvalue weighted by molar-refractivity contribution is 6.18. The van der Waals surface area contributed by atoms with Crippen LogP contribution in [0.15, 0.2) is 24.4 Å². The number of Topliss-reactive ketones (excluding diaryl/α,β-unsaturated/α-hetero) is 1. The summed E-state index contributed by atoms with van der Waals surface area (Å²) in [5, 5.41) is 7.29. The number of ether oxygens (including phenoxy) is 3. The number of fused-ring (bicyclic) bond motifs is 1. The summed E-state index contributed by atoms with van der Waals surface area (Å²) in [4.78, 5) is 37.6. The molecule has 0 saturated carbocycles. The molecular weight excluding hydrogens is 390 g/mol. The Hall–Kier alpha value is -2.94. The molecule has 2 unspecified atom stereocenters. The lowest BCUT2D eigenvalue weighted by Gasteiger charge is -2.23. The number of aromatic nitrogens is 2. The molecule has 1 fully saturated rings. The monoisotopic (exact) mass is 417 g/mol. The molecule has 1 aromatic heterocycles. The van der Waals surface area contributed by atoms with Crippen LogP contribution in [0.25, 0.3) is 10.9 Å². The second kappa shape index (κ2) is 8.83. The van der Waals surface area contributed by atoms with Gasteiger partial charge in [-0.15, -0.1) is 0 Å². The van der Waals surface area contributed by atoms with Crippen LogP contribution in [0.3, 0.4) is 0 Å². The number of amides is 1. The molecule has 1 N–H and O–H groups in total. The topological polar surface area (TPSA) is 109 Å². The average Bonchev–Trinajstić information content (AvgIpc) is 3.14. The largest absolute Gasteiger partial charge is 0.467 e. The van der Waals surface area contributed by atoms with Gasteiger partial charge in [-0.1, -0.05) is 12.1 Å². The summed E-state index contributed by atoms with van der Waals surface area (Å²) < 4.78 is 17.5. The summed E-state index contributed by atoms with van der Waals surface area (Å²) in [6.45, 7) is 5.72. The summed E-state index contributed by atoms with van der Waals surface area (Å²) in [5.74, 6) is -1.49. The van der Waals surface area contributed by atoms with Crippen molar-refractivity contribution in [1.29, 1.82) is 0 Å². The van der Waals surface area contributed by atoms with Gasteiger partial charge in [-0.3, -0.25) is 4.79 Å². The van der Waals surface area contributed by atoms with E-state index >= 15 is 0 Å². The number of esters is 1. The first kappa shape index (κ1) is 21.8. The molecule has 162 valence electrons. The van der Waals surface area contributed by atoms with E-state index in [0.717, 1.165) is 26.4 Å². The van der Waals surface area contributed by atoms with Gasteiger partial charge in [-0.2, -0.15) is 5.10 Å². The zero-order valence-corrected chi connectivity index (χ0v) is 17.6. The lowest BCUT2D eigenvalue weighted by Crippen LogP contribution is -2.48. The van der Waals surface area contributed by atoms with E-state index in [-0.39, 0.29) is 11.8 Å². The van der Waals surface area contributed by atoms with Crippen molar-refractivity contribution in [1.82, 2.24) is 15.1 Å². The molecule has 1 aliphatic rings. The first-order valence-corrected chi connectivity index (χ1v) is 9.90. The van der Waals surface area contributed by atoms with Gasteiger partial charge in [0.2, 0.25) is 0 Å². The molecule has 2 heterocycles. The molecule has 2 atom stereocenters. The SMILES string of the molecule is COC(=O)C(NC(=O)OC(C)(C)C)C(=O)c1cccc2c1cnn2C1CCCCO1. The van der Waals surface area contributed by atoms with Gasteiger partial charge < -0.3 is 19.5 Å². The maximum absolute atomic E-state index is 13.2. The van der Waals surface area contributed by atoms with Crippen LogP contribution in [0, 0.1) is 0 Å². The van der Waals surface area contributed by atoms with E-state index in [2.05, 4.69) is 10.4 Å². The number of carbonyl (C=O) groups is 3. The molecule has 0 bridgehead atoms. The number of rotatable bonds is 5. The predicted octanol–water partition coefficient (Wildman–Crippen LogP) is 2.98. The fourth-order valence-corrected chi connectivity index (χ4v) is 3.36. The third kappa shape index (κ3) is 4.79. The number of methoxy groups -OCH3 is 1. The molecule has 2 aromatic rings. The molecule has 1 amide bonds. The second-order valence-electron chi connectivity index (χ2n) is 8.12.